The second-order valence-corrected chi connectivity index (χ2v) is 5.36. The molecule has 0 amide bonds. The lowest BCUT2D eigenvalue weighted by Crippen LogP contribution is -2.17. The summed E-state index contributed by atoms with van der Waals surface area (Å²) in [6, 6.07) is 3.88. The predicted molar refractivity (Wildman–Crippen MR) is 72.4 cm³/mol. The van der Waals surface area contributed by atoms with Gasteiger partial charge in [-0.1, -0.05) is 26.8 Å². The average molecular weight is 250 g/mol. The van der Waals surface area contributed by atoms with E-state index in [1.165, 1.54) is 7.11 Å². The number of carbonyl (C=O) groups is 1. The zero-order valence-corrected chi connectivity index (χ0v) is 12.1. The largest absolute Gasteiger partial charge is 0.493 e. The fourth-order valence-corrected chi connectivity index (χ4v) is 1.89. The first-order valence-corrected chi connectivity index (χ1v) is 6.17. The van der Waals surface area contributed by atoms with Gasteiger partial charge in [0.05, 0.1) is 13.7 Å². The van der Waals surface area contributed by atoms with Gasteiger partial charge in [-0.2, -0.15) is 0 Å². The maximum absolute atomic E-state index is 11.8. The molecule has 0 saturated carbocycles. The number of hydrogen-bond donors (Lipinski definition) is 0. The van der Waals surface area contributed by atoms with Gasteiger partial charge in [-0.25, -0.2) is 4.79 Å². The highest BCUT2D eigenvalue weighted by Crippen LogP contribution is 2.35. The van der Waals surface area contributed by atoms with Crippen LogP contribution in [-0.4, -0.2) is 19.7 Å². The summed E-state index contributed by atoms with van der Waals surface area (Å²) in [5, 5.41) is 0. The van der Waals surface area contributed by atoms with Gasteiger partial charge in [0.1, 0.15) is 11.3 Å². The lowest BCUT2D eigenvalue weighted by molar-refractivity contribution is 0.0596. The molecule has 0 bridgehead atoms. The van der Waals surface area contributed by atoms with Crippen molar-refractivity contribution in [1.82, 2.24) is 0 Å². The van der Waals surface area contributed by atoms with Crippen LogP contribution in [0.1, 0.15) is 49.2 Å². The van der Waals surface area contributed by atoms with Crippen LogP contribution in [0.2, 0.25) is 0 Å². The van der Waals surface area contributed by atoms with E-state index in [1.54, 1.807) is 0 Å². The molecule has 3 nitrogen and oxygen atoms in total. The van der Waals surface area contributed by atoms with Gasteiger partial charge >= 0.3 is 5.97 Å². The fraction of sp³-hybridized carbons (Fsp3) is 0.533. The van der Waals surface area contributed by atoms with Crippen molar-refractivity contribution < 1.29 is 14.3 Å². The second-order valence-electron chi connectivity index (χ2n) is 5.36. The van der Waals surface area contributed by atoms with Crippen molar-refractivity contribution in [3.05, 3.63) is 28.8 Å². The summed E-state index contributed by atoms with van der Waals surface area (Å²) in [6.07, 6.45) is 0. The minimum Gasteiger partial charge on any atom is -0.493 e. The van der Waals surface area contributed by atoms with Gasteiger partial charge < -0.3 is 9.47 Å². The van der Waals surface area contributed by atoms with Crippen LogP contribution >= 0.6 is 0 Å². The van der Waals surface area contributed by atoms with E-state index < -0.39 is 0 Å². The van der Waals surface area contributed by atoms with Crippen molar-refractivity contribution in [1.29, 1.82) is 0 Å². The Bertz CT molecular complexity index is 442. The number of ether oxygens (including phenoxy) is 2. The number of esters is 1. The first-order valence-electron chi connectivity index (χ1n) is 6.17. The van der Waals surface area contributed by atoms with Crippen LogP contribution in [-0.2, 0) is 10.2 Å². The zero-order chi connectivity index (χ0) is 13.9. The van der Waals surface area contributed by atoms with Gasteiger partial charge in [0.15, 0.2) is 0 Å². The monoisotopic (exact) mass is 250 g/mol. The molecule has 0 N–H and O–H groups in total. The number of aryl methyl sites for hydroxylation is 1. The molecule has 0 aliphatic carbocycles. The Balaban J connectivity index is 3.50. The van der Waals surface area contributed by atoms with E-state index in [2.05, 4.69) is 26.8 Å². The number of methoxy groups -OCH3 is 1. The molecule has 0 aliphatic heterocycles. The Labute approximate surface area is 109 Å². The average Bonchev–Trinajstić information content (AvgIpc) is 2.28. The molecule has 3 heteroatoms. The van der Waals surface area contributed by atoms with Gasteiger partial charge in [-0.3, -0.25) is 0 Å². The predicted octanol–water partition coefficient (Wildman–Crippen LogP) is 3.48. The molecule has 0 spiro atoms. The highest BCUT2D eigenvalue weighted by molar-refractivity contribution is 5.93. The summed E-state index contributed by atoms with van der Waals surface area (Å²) in [7, 11) is 1.39. The maximum Gasteiger partial charge on any atom is 0.341 e. The summed E-state index contributed by atoms with van der Waals surface area (Å²) < 4.78 is 10.5. The second kappa shape index (κ2) is 5.42. The van der Waals surface area contributed by atoms with Gasteiger partial charge in [0.2, 0.25) is 0 Å². The van der Waals surface area contributed by atoms with Gasteiger partial charge in [-0.05, 0) is 30.9 Å². The number of carbonyl (C=O) groups excluding carboxylic acids is 1. The highest BCUT2D eigenvalue weighted by atomic mass is 16.5. The van der Waals surface area contributed by atoms with Crippen LogP contribution < -0.4 is 4.74 Å². The molecule has 18 heavy (non-hydrogen) atoms. The quantitative estimate of drug-likeness (QED) is 0.770. The topological polar surface area (TPSA) is 35.5 Å². The van der Waals surface area contributed by atoms with Crippen LogP contribution in [0, 0.1) is 6.92 Å². The van der Waals surface area contributed by atoms with E-state index in [9.17, 15) is 4.79 Å². The highest BCUT2D eigenvalue weighted by Gasteiger charge is 2.25. The molecule has 1 rings (SSSR count). The zero-order valence-electron chi connectivity index (χ0n) is 12.1. The Morgan fingerprint density at radius 1 is 1.28 bits per heavy atom. The molecular formula is C15H22O3. The lowest BCUT2D eigenvalue weighted by Gasteiger charge is -2.24. The van der Waals surface area contributed by atoms with Gasteiger partial charge in [0.25, 0.3) is 0 Å². The minimum atomic E-state index is -0.354. The fourth-order valence-electron chi connectivity index (χ4n) is 1.89. The minimum absolute atomic E-state index is 0.0840. The first kappa shape index (κ1) is 14.6. The van der Waals surface area contributed by atoms with Crippen LogP contribution in [0.15, 0.2) is 12.1 Å². The number of hydrogen-bond acceptors (Lipinski definition) is 3. The number of rotatable bonds is 3. The first-order chi connectivity index (χ1) is 8.31. The van der Waals surface area contributed by atoms with Gasteiger partial charge in [-0.15, -0.1) is 0 Å². The third-order valence-electron chi connectivity index (χ3n) is 2.74. The summed E-state index contributed by atoms with van der Waals surface area (Å²) in [5.41, 5.74) is 2.48. The van der Waals surface area contributed by atoms with Crippen LogP contribution in [0.5, 0.6) is 5.75 Å². The Morgan fingerprint density at radius 2 is 1.89 bits per heavy atom. The standard InChI is InChI=1S/C15H22O3/c1-7-18-13-11(14(16)17-6)8-10(2)9-12(13)15(3,4)5/h8-9H,7H2,1-6H3. The molecule has 0 unspecified atom stereocenters. The normalized spacial score (nSPS) is 11.2. The summed E-state index contributed by atoms with van der Waals surface area (Å²) >= 11 is 0. The third kappa shape index (κ3) is 3.03. The molecule has 0 saturated heterocycles. The summed E-state index contributed by atoms with van der Waals surface area (Å²) in [6.45, 7) is 10.7. The van der Waals surface area contributed by atoms with Crippen molar-refractivity contribution in [2.45, 2.75) is 40.0 Å². The van der Waals surface area contributed by atoms with E-state index in [4.69, 9.17) is 9.47 Å². The van der Waals surface area contributed by atoms with Gasteiger partial charge in [0, 0.05) is 5.56 Å². The molecule has 100 valence electrons. The van der Waals surface area contributed by atoms with E-state index in [0.717, 1.165) is 11.1 Å². The molecular weight excluding hydrogens is 228 g/mol. The smallest absolute Gasteiger partial charge is 0.341 e. The van der Waals surface area contributed by atoms with E-state index in [-0.39, 0.29) is 11.4 Å². The van der Waals surface area contributed by atoms with E-state index in [1.807, 2.05) is 19.9 Å². The van der Waals surface area contributed by atoms with Crippen LogP contribution in [0.4, 0.5) is 0 Å². The van der Waals surface area contributed by atoms with Crippen LogP contribution in [0.25, 0.3) is 0 Å². The summed E-state index contributed by atoms with van der Waals surface area (Å²) in [5.74, 6) is 0.287. The summed E-state index contributed by atoms with van der Waals surface area (Å²) in [4.78, 5) is 11.8. The van der Waals surface area contributed by atoms with Crippen molar-refractivity contribution in [2.75, 3.05) is 13.7 Å². The lowest BCUT2D eigenvalue weighted by atomic mass is 9.84. The van der Waals surface area contributed by atoms with Crippen molar-refractivity contribution >= 4 is 5.97 Å². The SMILES string of the molecule is CCOc1c(C(=O)OC)cc(C)cc1C(C)(C)C. The molecule has 0 atom stereocenters. The molecule has 0 aliphatic rings. The van der Waals surface area contributed by atoms with Crippen molar-refractivity contribution in [3.8, 4) is 5.75 Å². The molecule has 1 aromatic rings. The third-order valence-corrected chi connectivity index (χ3v) is 2.74. The Morgan fingerprint density at radius 3 is 2.33 bits per heavy atom. The molecule has 0 heterocycles. The van der Waals surface area contributed by atoms with Crippen molar-refractivity contribution in [2.24, 2.45) is 0 Å². The Kier molecular flexibility index (Phi) is 4.38. The Hall–Kier alpha value is -1.51. The molecule has 1 aromatic carbocycles. The van der Waals surface area contributed by atoms with Crippen LogP contribution in [0.3, 0.4) is 0 Å². The van der Waals surface area contributed by atoms with E-state index in [0.29, 0.717) is 17.9 Å². The number of benzene rings is 1. The molecule has 0 fully saturated rings. The van der Waals surface area contributed by atoms with E-state index >= 15 is 0 Å². The van der Waals surface area contributed by atoms with Crippen molar-refractivity contribution in [3.63, 3.8) is 0 Å². The maximum atomic E-state index is 11.8. The molecule has 0 aromatic heterocycles. The molecule has 0 radical (unpaired) electrons.